The number of nitrogens with zero attached hydrogens (tertiary/aromatic N) is 3. The Hall–Kier alpha value is -2.50. The molecule has 2 heterocycles. The third kappa shape index (κ3) is 2.84. The highest BCUT2D eigenvalue weighted by Gasteiger charge is 2.43. The van der Waals surface area contributed by atoms with Crippen LogP contribution < -0.4 is 5.32 Å². The number of amides is 1. The van der Waals surface area contributed by atoms with E-state index in [-0.39, 0.29) is 5.91 Å². The number of anilines is 1. The molecule has 24 heavy (non-hydrogen) atoms. The summed E-state index contributed by atoms with van der Waals surface area (Å²) in [5.74, 6) is 0.745. The monoisotopic (exact) mass is 328 g/mol. The first-order valence-corrected chi connectivity index (χ1v) is 8.05. The van der Waals surface area contributed by atoms with E-state index in [0.717, 1.165) is 24.4 Å². The zero-order valence-corrected chi connectivity index (χ0v) is 14.1. The fourth-order valence-electron chi connectivity index (χ4n) is 3.24. The Balaban J connectivity index is 2.00. The first-order valence-electron chi connectivity index (χ1n) is 8.05. The van der Waals surface area contributed by atoms with Crippen LogP contribution in [0.1, 0.15) is 41.6 Å². The lowest BCUT2D eigenvalue weighted by atomic mass is 9.96. The molecule has 0 saturated carbocycles. The van der Waals surface area contributed by atoms with Crippen LogP contribution in [0, 0.1) is 12.7 Å². The predicted octanol–water partition coefficient (Wildman–Crippen LogP) is 3.12. The van der Waals surface area contributed by atoms with Crippen LogP contribution in [-0.4, -0.2) is 34.4 Å². The minimum absolute atomic E-state index is 0.189. The number of aryl methyl sites for hydroxylation is 1. The van der Waals surface area contributed by atoms with Gasteiger partial charge >= 0.3 is 0 Å². The third-order valence-corrected chi connectivity index (χ3v) is 4.55. The van der Waals surface area contributed by atoms with Crippen LogP contribution in [0.2, 0.25) is 0 Å². The van der Waals surface area contributed by atoms with Gasteiger partial charge in [0.1, 0.15) is 17.2 Å². The Kier molecular flexibility index (Phi) is 4.22. The van der Waals surface area contributed by atoms with Crippen LogP contribution in [0.25, 0.3) is 0 Å². The molecule has 126 valence electrons. The van der Waals surface area contributed by atoms with Crippen molar-refractivity contribution in [1.29, 1.82) is 0 Å². The summed E-state index contributed by atoms with van der Waals surface area (Å²) in [5.41, 5.74) is 0.598. The van der Waals surface area contributed by atoms with Crippen molar-refractivity contribution < 1.29 is 9.18 Å². The highest BCUT2D eigenvalue weighted by molar-refractivity contribution is 5.95. The molecule has 0 unspecified atom stereocenters. The summed E-state index contributed by atoms with van der Waals surface area (Å²) in [6, 6.07) is 7.67. The zero-order chi connectivity index (χ0) is 17.3. The lowest BCUT2D eigenvalue weighted by molar-refractivity contribution is 0.0603. The van der Waals surface area contributed by atoms with E-state index in [1.54, 1.807) is 24.1 Å². The summed E-state index contributed by atoms with van der Waals surface area (Å²) in [4.78, 5) is 23.8. The second kappa shape index (κ2) is 6.19. The SMILES string of the molecule is CNc1cc(C)nc([C@]2(C)CCCN2C(=O)c2cccc(F)c2)n1. The predicted molar refractivity (Wildman–Crippen MR) is 90.3 cm³/mol. The molecule has 6 heteroatoms. The van der Waals surface area contributed by atoms with Crippen molar-refractivity contribution in [2.75, 3.05) is 18.9 Å². The number of hydrogen-bond donors (Lipinski definition) is 1. The molecule has 1 saturated heterocycles. The number of halogens is 1. The number of likely N-dealkylation sites (tertiary alicyclic amines) is 1. The van der Waals surface area contributed by atoms with E-state index in [1.807, 2.05) is 19.9 Å². The van der Waals surface area contributed by atoms with Gasteiger partial charge in [0.05, 0.1) is 0 Å². The van der Waals surface area contributed by atoms with Gasteiger partial charge in [-0.05, 0) is 44.9 Å². The summed E-state index contributed by atoms with van der Waals surface area (Å²) < 4.78 is 13.5. The molecule has 3 rings (SSSR count). The Morgan fingerprint density at radius 1 is 1.33 bits per heavy atom. The normalized spacial score (nSPS) is 20.2. The third-order valence-electron chi connectivity index (χ3n) is 4.55. The van der Waals surface area contributed by atoms with Crippen molar-refractivity contribution in [3.8, 4) is 0 Å². The maximum Gasteiger partial charge on any atom is 0.254 e. The quantitative estimate of drug-likeness (QED) is 0.940. The van der Waals surface area contributed by atoms with E-state index >= 15 is 0 Å². The van der Waals surface area contributed by atoms with Crippen molar-refractivity contribution in [2.45, 2.75) is 32.2 Å². The van der Waals surface area contributed by atoms with Gasteiger partial charge in [0.15, 0.2) is 5.82 Å². The number of benzene rings is 1. The molecule has 1 aromatic carbocycles. The van der Waals surface area contributed by atoms with E-state index in [0.29, 0.717) is 17.9 Å². The van der Waals surface area contributed by atoms with Gasteiger partial charge < -0.3 is 10.2 Å². The van der Waals surface area contributed by atoms with Gasteiger partial charge in [-0.2, -0.15) is 0 Å². The summed E-state index contributed by atoms with van der Waals surface area (Å²) >= 11 is 0. The molecule has 0 radical (unpaired) electrons. The van der Waals surface area contributed by atoms with Gasteiger partial charge in [0, 0.05) is 30.9 Å². The minimum atomic E-state index is -0.596. The number of aromatic nitrogens is 2. The second-order valence-electron chi connectivity index (χ2n) is 6.31. The zero-order valence-electron chi connectivity index (χ0n) is 14.1. The number of rotatable bonds is 3. The van der Waals surface area contributed by atoms with E-state index < -0.39 is 11.4 Å². The van der Waals surface area contributed by atoms with Crippen molar-refractivity contribution in [3.63, 3.8) is 0 Å². The Morgan fingerprint density at radius 3 is 2.83 bits per heavy atom. The van der Waals surface area contributed by atoms with Crippen molar-refractivity contribution >= 4 is 11.7 Å². The minimum Gasteiger partial charge on any atom is -0.373 e. The van der Waals surface area contributed by atoms with Gasteiger partial charge in [-0.25, -0.2) is 14.4 Å². The van der Waals surface area contributed by atoms with Gasteiger partial charge in [-0.1, -0.05) is 6.07 Å². The Morgan fingerprint density at radius 2 is 2.12 bits per heavy atom. The topological polar surface area (TPSA) is 58.1 Å². The molecular formula is C18H21FN4O. The molecule has 1 N–H and O–H groups in total. The smallest absolute Gasteiger partial charge is 0.254 e. The van der Waals surface area contributed by atoms with E-state index in [1.165, 1.54) is 12.1 Å². The van der Waals surface area contributed by atoms with Crippen LogP contribution in [0.4, 0.5) is 10.2 Å². The number of hydrogen-bond acceptors (Lipinski definition) is 4. The van der Waals surface area contributed by atoms with Crippen molar-refractivity contribution in [1.82, 2.24) is 14.9 Å². The molecule has 0 spiro atoms. The van der Waals surface area contributed by atoms with Gasteiger partial charge in [0.2, 0.25) is 0 Å². The average molecular weight is 328 g/mol. The number of nitrogens with one attached hydrogen (secondary N) is 1. The largest absolute Gasteiger partial charge is 0.373 e. The fraction of sp³-hybridized carbons (Fsp3) is 0.389. The van der Waals surface area contributed by atoms with Crippen LogP contribution in [0.15, 0.2) is 30.3 Å². The van der Waals surface area contributed by atoms with Crippen LogP contribution in [0.3, 0.4) is 0 Å². The fourth-order valence-corrected chi connectivity index (χ4v) is 3.24. The molecule has 1 fully saturated rings. The summed E-state index contributed by atoms with van der Waals surface area (Å²) in [6.45, 7) is 4.49. The van der Waals surface area contributed by atoms with Gasteiger partial charge in [-0.3, -0.25) is 4.79 Å². The molecule has 2 aromatic rings. The van der Waals surface area contributed by atoms with E-state index in [9.17, 15) is 9.18 Å². The maximum absolute atomic E-state index is 13.5. The molecule has 1 aliphatic heterocycles. The maximum atomic E-state index is 13.5. The molecule has 5 nitrogen and oxygen atoms in total. The standard InChI is InChI=1S/C18H21FN4O/c1-12-10-15(20-3)22-17(21-12)18(2)8-5-9-23(18)16(24)13-6-4-7-14(19)11-13/h4,6-7,10-11H,5,8-9H2,1-3H3,(H,20,21,22)/t18-/m0/s1. The summed E-state index contributed by atoms with van der Waals surface area (Å²) in [6.07, 6.45) is 1.64. The first-order chi connectivity index (χ1) is 11.4. The van der Waals surface area contributed by atoms with Gasteiger partial charge in [-0.15, -0.1) is 0 Å². The molecule has 1 amide bonds. The molecular weight excluding hydrogens is 307 g/mol. The van der Waals surface area contributed by atoms with E-state index in [2.05, 4.69) is 15.3 Å². The Labute approximate surface area is 140 Å². The Bertz CT molecular complexity index is 779. The number of carbonyl (C=O) groups excluding carboxylic acids is 1. The summed E-state index contributed by atoms with van der Waals surface area (Å²) in [7, 11) is 1.80. The van der Waals surface area contributed by atoms with Crippen LogP contribution >= 0.6 is 0 Å². The highest BCUT2D eigenvalue weighted by Crippen LogP contribution is 2.38. The van der Waals surface area contributed by atoms with E-state index in [4.69, 9.17) is 0 Å². The van der Waals surface area contributed by atoms with Crippen molar-refractivity contribution in [3.05, 3.63) is 53.2 Å². The average Bonchev–Trinajstić information content (AvgIpc) is 2.96. The van der Waals surface area contributed by atoms with Crippen molar-refractivity contribution in [2.24, 2.45) is 0 Å². The van der Waals surface area contributed by atoms with Crippen LogP contribution in [0.5, 0.6) is 0 Å². The number of carbonyl (C=O) groups is 1. The molecule has 0 bridgehead atoms. The second-order valence-corrected chi connectivity index (χ2v) is 6.31. The van der Waals surface area contributed by atoms with Gasteiger partial charge in [0.25, 0.3) is 5.91 Å². The van der Waals surface area contributed by atoms with Crippen LogP contribution in [-0.2, 0) is 5.54 Å². The lowest BCUT2D eigenvalue weighted by Crippen LogP contribution is -2.44. The molecule has 1 aromatic heterocycles. The molecule has 1 atom stereocenters. The lowest BCUT2D eigenvalue weighted by Gasteiger charge is -2.34. The molecule has 0 aliphatic carbocycles. The highest BCUT2D eigenvalue weighted by atomic mass is 19.1. The first kappa shape index (κ1) is 16.4. The summed E-state index contributed by atoms with van der Waals surface area (Å²) in [5, 5.41) is 3.03. The molecule has 1 aliphatic rings.